The maximum absolute atomic E-state index is 14.0. The van der Waals surface area contributed by atoms with Crippen LogP contribution in [0.1, 0.15) is 18.0 Å². The quantitative estimate of drug-likeness (QED) is 0.856. The second kappa shape index (κ2) is 6.46. The molecule has 0 aliphatic carbocycles. The average molecular weight is 287 g/mol. The molecule has 0 aromatic heterocycles. The first kappa shape index (κ1) is 14.4. The lowest BCUT2D eigenvalue weighted by Crippen LogP contribution is -2.45. The largest absolute Gasteiger partial charge is 0.314 e. The summed E-state index contributed by atoms with van der Waals surface area (Å²) in [5.74, 6) is -1.18. The summed E-state index contributed by atoms with van der Waals surface area (Å²) in [5.41, 5.74) is 0.0891. The molecule has 1 fully saturated rings. The summed E-state index contributed by atoms with van der Waals surface area (Å²) < 4.78 is 28.1. The number of rotatable bonds is 4. The molecule has 0 unspecified atom stereocenters. The molecule has 0 spiro atoms. The summed E-state index contributed by atoms with van der Waals surface area (Å²) in [4.78, 5) is 2.08. The lowest BCUT2D eigenvalue weighted by molar-refractivity contribution is 0.168. The summed E-state index contributed by atoms with van der Waals surface area (Å²) in [5, 5.41) is 3.31. The maximum Gasteiger partial charge on any atom is 0.132 e. The molecule has 1 saturated heterocycles. The van der Waals surface area contributed by atoms with Crippen molar-refractivity contribution >= 4 is 11.6 Å². The van der Waals surface area contributed by atoms with Gasteiger partial charge in [-0.2, -0.15) is 0 Å². The highest BCUT2D eigenvalue weighted by Gasteiger charge is 2.26. The molecule has 0 saturated carbocycles. The SMILES string of the molecule is C=CC[C@H](c1c(F)cc(Cl)cc1F)N1CCNCC1. The molecular formula is C14H17ClF2N2. The normalized spacial score (nSPS) is 18.3. The van der Waals surface area contributed by atoms with Gasteiger partial charge in [0.25, 0.3) is 0 Å². The van der Waals surface area contributed by atoms with Crippen molar-refractivity contribution in [3.8, 4) is 0 Å². The molecule has 1 heterocycles. The first-order chi connectivity index (χ1) is 9.13. The van der Waals surface area contributed by atoms with E-state index in [2.05, 4.69) is 16.8 Å². The number of nitrogens with one attached hydrogen (secondary N) is 1. The number of benzene rings is 1. The predicted octanol–water partition coefficient (Wildman–Crippen LogP) is 3.14. The van der Waals surface area contributed by atoms with Gasteiger partial charge < -0.3 is 5.32 Å². The summed E-state index contributed by atoms with van der Waals surface area (Å²) in [7, 11) is 0. The molecule has 104 valence electrons. The zero-order chi connectivity index (χ0) is 13.8. The Labute approximate surface area is 117 Å². The van der Waals surface area contributed by atoms with Crippen molar-refractivity contribution in [3.05, 3.63) is 47.0 Å². The Kier molecular flexibility index (Phi) is 4.91. The van der Waals surface area contributed by atoms with Crippen LogP contribution in [0.5, 0.6) is 0 Å². The third kappa shape index (κ3) is 3.32. The van der Waals surface area contributed by atoms with Crippen LogP contribution in [0.25, 0.3) is 0 Å². The highest BCUT2D eigenvalue weighted by atomic mass is 35.5. The molecule has 1 aromatic rings. The van der Waals surface area contributed by atoms with E-state index in [9.17, 15) is 8.78 Å². The number of hydrogen-bond donors (Lipinski definition) is 1. The Morgan fingerprint density at radius 1 is 1.32 bits per heavy atom. The highest BCUT2D eigenvalue weighted by molar-refractivity contribution is 6.30. The number of hydrogen-bond acceptors (Lipinski definition) is 2. The Morgan fingerprint density at radius 2 is 1.89 bits per heavy atom. The minimum atomic E-state index is -0.588. The summed E-state index contributed by atoms with van der Waals surface area (Å²) in [6, 6.07) is 2.01. The molecule has 1 aliphatic heterocycles. The van der Waals surface area contributed by atoms with E-state index in [1.165, 1.54) is 0 Å². The molecule has 2 nitrogen and oxygen atoms in total. The monoisotopic (exact) mass is 286 g/mol. The van der Waals surface area contributed by atoms with Crippen molar-refractivity contribution in [3.63, 3.8) is 0 Å². The molecular weight excluding hydrogens is 270 g/mol. The summed E-state index contributed by atoms with van der Waals surface area (Å²) in [6.07, 6.45) is 2.20. The Hall–Kier alpha value is -0.970. The Bertz CT molecular complexity index is 436. The van der Waals surface area contributed by atoms with Gasteiger partial charge in [0.15, 0.2) is 0 Å². The van der Waals surface area contributed by atoms with Gasteiger partial charge in [-0.25, -0.2) is 8.78 Å². The van der Waals surface area contributed by atoms with E-state index in [1.54, 1.807) is 6.08 Å². The van der Waals surface area contributed by atoms with Crippen LogP contribution in [0.4, 0.5) is 8.78 Å². The summed E-state index contributed by atoms with van der Waals surface area (Å²) >= 11 is 5.67. The minimum Gasteiger partial charge on any atom is -0.314 e. The smallest absolute Gasteiger partial charge is 0.132 e. The number of halogens is 3. The first-order valence-electron chi connectivity index (χ1n) is 6.33. The highest BCUT2D eigenvalue weighted by Crippen LogP contribution is 2.31. The van der Waals surface area contributed by atoms with Crippen molar-refractivity contribution in [2.45, 2.75) is 12.5 Å². The lowest BCUT2D eigenvalue weighted by Gasteiger charge is -2.35. The van der Waals surface area contributed by atoms with Gasteiger partial charge in [-0.15, -0.1) is 6.58 Å². The van der Waals surface area contributed by atoms with Crippen LogP contribution >= 0.6 is 11.6 Å². The van der Waals surface area contributed by atoms with Gasteiger partial charge in [-0.05, 0) is 18.6 Å². The molecule has 2 rings (SSSR count). The van der Waals surface area contributed by atoms with E-state index in [0.29, 0.717) is 6.42 Å². The molecule has 5 heteroatoms. The van der Waals surface area contributed by atoms with Crippen LogP contribution in [-0.4, -0.2) is 31.1 Å². The van der Waals surface area contributed by atoms with Crippen LogP contribution in [-0.2, 0) is 0 Å². The third-order valence-corrected chi connectivity index (χ3v) is 3.58. The molecule has 1 N–H and O–H groups in total. The average Bonchev–Trinajstić information content (AvgIpc) is 2.37. The molecule has 0 amide bonds. The zero-order valence-corrected chi connectivity index (χ0v) is 11.4. The molecule has 0 radical (unpaired) electrons. The van der Waals surface area contributed by atoms with Crippen LogP contribution in [0.3, 0.4) is 0 Å². The zero-order valence-electron chi connectivity index (χ0n) is 10.6. The van der Waals surface area contributed by atoms with E-state index in [-0.39, 0.29) is 16.6 Å². The standard InChI is InChI=1S/C14H17ClF2N2/c1-2-3-13(19-6-4-18-5-7-19)14-11(16)8-10(15)9-12(14)17/h2,8-9,13,18H,1,3-7H2/t13-/m1/s1. The van der Waals surface area contributed by atoms with Gasteiger partial charge in [-0.3, -0.25) is 4.90 Å². The third-order valence-electron chi connectivity index (χ3n) is 3.36. The van der Waals surface area contributed by atoms with Gasteiger partial charge in [0.1, 0.15) is 11.6 Å². The molecule has 1 aromatic carbocycles. The van der Waals surface area contributed by atoms with Crippen LogP contribution in [0, 0.1) is 11.6 Å². The fraction of sp³-hybridized carbons (Fsp3) is 0.429. The Morgan fingerprint density at radius 3 is 2.42 bits per heavy atom. The Balaban J connectivity index is 2.35. The maximum atomic E-state index is 14.0. The number of piperazine rings is 1. The second-order valence-corrected chi connectivity index (χ2v) is 5.05. The van der Waals surface area contributed by atoms with E-state index < -0.39 is 11.6 Å². The van der Waals surface area contributed by atoms with Gasteiger partial charge in [0.2, 0.25) is 0 Å². The van der Waals surface area contributed by atoms with Crippen LogP contribution < -0.4 is 5.32 Å². The molecule has 1 atom stereocenters. The van der Waals surface area contributed by atoms with Crippen molar-refractivity contribution < 1.29 is 8.78 Å². The van der Waals surface area contributed by atoms with E-state index in [4.69, 9.17) is 11.6 Å². The fourth-order valence-corrected chi connectivity index (χ4v) is 2.66. The predicted molar refractivity (Wildman–Crippen MR) is 73.4 cm³/mol. The molecule has 19 heavy (non-hydrogen) atoms. The van der Waals surface area contributed by atoms with Crippen molar-refractivity contribution in [2.75, 3.05) is 26.2 Å². The minimum absolute atomic E-state index is 0.0800. The van der Waals surface area contributed by atoms with Gasteiger partial charge in [0.05, 0.1) is 0 Å². The lowest BCUT2D eigenvalue weighted by atomic mass is 10.00. The van der Waals surface area contributed by atoms with Crippen molar-refractivity contribution in [1.29, 1.82) is 0 Å². The van der Waals surface area contributed by atoms with Gasteiger partial charge >= 0.3 is 0 Å². The van der Waals surface area contributed by atoms with Crippen LogP contribution in [0.2, 0.25) is 5.02 Å². The van der Waals surface area contributed by atoms with Crippen LogP contribution in [0.15, 0.2) is 24.8 Å². The fourth-order valence-electron chi connectivity index (χ4n) is 2.47. The number of nitrogens with zero attached hydrogens (tertiary/aromatic N) is 1. The molecule has 1 aliphatic rings. The molecule has 0 bridgehead atoms. The van der Waals surface area contributed by atoms with Gasteiger partial charge in [0, 0.05) is 42.8 Å². The van der Waals surface area contributed by atoms with Gasteiger partial charge in [-0.1, -0.05) is 17.7 Å². The van der Waals surface area contributed by atoms with E-state index in [1.807, 2.05) is 0 Å². The first-order valence-corrected chi connectivity index (χ1v) is 6.71. The topological polar surface area (TPSA) is 15.3 Å². The summed E-state index contributed by atoms with van der Waals surface area (Å²) in [6.45, 7) is 6.86. The van der Waals surface area contributed by atoms with E-state index >= 15 is 0 Å². The van der Waals surface area contributed by atoms with E-state index in [0.717, 1.165) is 38.3 Å². The second-order valence-electron chi connectivity index (χ2n) is 4.61. The van der Waals surface area contributed by atoms with Crippen molar-refractivity contribution in [1.82, 2.24) is 10.2 Å². The van der Waals surface area contributed by atoms with Crippen molar-refractivity contribution in [2.24, 2.45) is 0 Å².